The van der Waals surface area contributed by atoms with E-state index in [1.807, 2.05) is 20.8 Å². The highest BCUT2D eigenvalue weighted by molar-refractivity contribution is 5.60. The molecule has 0 aromatic heterocycles. The van der Waals surface area contributed by atoms with Crippen LogP contribution < -0.4 is 0 Å². The molecule has 3 nitrogen and oxygen atoms in total. The van der Waals surface area contributed by atoms with E-state index >= 15 is 0 Å². The molecule has 12 heavy (non-hydrogen) atoms. The van der Waals surface area contributed by atoms with Crippen LogP contribution in [0.3, 0.4) is 0 Å². The fraction of sp³-hybridized carbons (Fsp3) is 0.778. The minimum Gasteiger partial charge on any atom is -0.434 e. The Kier molecular flexibility index (Phi) is 5.51. The van der Waals surface area contributed by atoms with Crippen molar-refractivity contribution in [1.82, 2.24) is 0 Å². The van der Waals surface area contributed by atoms with Crippen LogP contribution in [0.5, 0.6) is 0 Å². The Morgan fingerprint density at radius 1 is 1.42 bits per heavy atom. The summed E-state index contributed by atoms with van der Waals surface area (Å²) >= 11 is 0. The molecule has 1 unspecified atom stereocenters. The van der Waals surface area contributed by atoms with E-state index in [0.717, 1.165) is 0 Å². The van der Waals surface area contributed by atoms with Gasteiger partial charge in [0.1, 0.15) is 6.10 Å². The Labute approximate surface area is 74.0 Å². The second-order valence-corrected chi connectivity index (χ2v) is 3.11. The van der Waals surface area contributed by atoms with Crippen molar-refractivity contribution >= 4 is 6.16 Å². The summed E-state index contributed by atoms with van der Waals surface area (Å²) in [6.07, 6.45) is 1.02. The molecule has 0 aromatic carbocycles. The lowest BCUT2D eigenvalue weighted by atomic mass is 10.2. The molecule has 0 spiro atoms. The van der Waals surface area contributed by atoms with Gasteiger partial charge in [-0.1, -0.05) is 20.8 Å². The van der Waals surface area contributed by atoms with Crippen molar-refractivity contribution in [2.24, 2.45) is 5.92 Å². The minimum atomic E-state index is -0.589. The third-order valence-corrected chi connectivity index (χ3v) is 1.29. The van der Waals surface area contributed by atoms with E-state index in [4.69, 9.17) is 9.47 Å². The van der Waals surface area contributed by atoms with Crippen LogP contribution in [0.4, 0.5) is 4.79 Å². The Bertz CT molecular complexity index is 132. The monoisotopic (exact) mass is 173 g/mol. The molecular weight excluding hydrogens is 156 g/mol. The van der Waals surface area contributed by atoms with E-state index in [2.05, 4.69) is 0 Å². The SMILES string of the molecule is C[CH]C(C)OC(=O)OCC(C)C. The van der Waals surface area contributed by atoms with Crippen molar-refractivity contribution < 1.29 is 14.3 Å². The molecule has 0 saturated heterocycles. The van der Waals surface area contributed by atoms with Crippen LogP contribution in [0.1, 0.15) is 27.7 Å². The van der Waals surface area contributed by atoms with Crippen molar-refractivity contribution in [3.05, 3.63) is 6.42 Å². The van der Waals surface area contributed by atoms with Crippen LogP contribution in [0.15, 0.2) is 0 Å². The van der Waals surface area contributed by atoms with Crippen molar-refractivity contribution in [1.29, 1.82) is 0 Å². The summed E-state index contributed by atoms with van der Waals surface area (Å²) in [5.74, 6) is 0.346. The molecule has 0 aliphatic rings. The molecule has 0 bridgehead atoms. The zero-order valence-electron chi connectivity index (χ0n) is 8.16. The minimum absolute atomic E-state index is 0.176. The largest absolute Gasteiger partial charge is 0.508 e. The Balaban J connectivity index is 3.46. The fourth-order valence-corrected chi connectivity index (χ4v) is 0.489. The Morgan fingerprint density at radius 3 is 2.42 bits per heavy atom. The van der Waals surface area contributed by atoms with E-state index in [1.54, 1.807) is 13.3 Å². The van der Waals surface area contributed by atoms with Gasteiger partial charge in [-0.05, 0) is 19.3 Å². The smallest absolute Gasteiger partial charge is 0.434 e. The van der Waals surface area contributed by atoms with Crippen molar-refractivity contribution in [2.75, 3.05) is 6.61 Å². The third-order valence-electron chi connectivity index (χ3n) is 1.29. The van der Waals surface area contributed by atoms with Gasteiger partial charge in [0, 0.05) is 0 Å². The third kappa shape index (κ3) is 6.01. The van der Waals surface area contributed by atoms with Crippen molar-refractivity contribution in [3.8, 4) is 0 Å². The maximum atomic E-state index is 10.9. The molecule has 0 heterocycles. The lowest BCUT2D eigenvalue weighted by Gasteiger charge is -2.11. The highest BCUT2D eigenvalue weighted by atomic mass is 16.7. The molecule has 0 rings (SSSR count). The molecule has 0 amide bonds. The van der Waals surface area contributed by atoms with Crippen LogP contribution in [0, 0.1) is 12.3 Å². The normalized spacial score (nSPS) is 12.8. The van der Waals surface area contributed by atoms with Crippen LogP contribution in [-0.2, 0) is 9.47 Å². The van der Waals surface area contributed by atoms with Gasteiger partial charge in [-0.25, -0.2) is 4.79 Å². The van der Waals surface area contributed by atoms with Gasteiger partial charge >= 0.3 is 6.16 Å². The van der Waals surface area contributed by atoms with E-state index in [-0.39, 0.29) is 6.10 Å². The average Bonchev–Trinajstić information content (AvgIpc) is 2.00. The van der Waals surface area contributed by atoms with Gasteiger partial charge in [-0.2, -0.15) is 0 Å². The summed E-state index contributed by atoms with van der Waals surface area (Å²) in [6.45, 7) is 7.98. The highest BCUT2D eigenvalue weighted by Gasteiger charge is 2.08. The molecule has 0 N–H and O–H groups in total. The van der Waals surface area contributed by atoms with Crippen molar-refractivity contribution in [3.63, 3.8) is 0 Å². The van der Waals surface area contributed by atoms with Gasteiger partial charge in [-0.3, -0.25) is 0 Å². The highest BCUT2D eigenvalue weighted by Crippen LogP contribution is 1.99. The molecule has 0 aromatic rings. The van der Waals surface area contributed by atoms with E-state index < -0.39 is 6.16 Å². The predicted octanol–water partition coefficient (Wildman–Crippen LogP) is 2.41. The van der Waals surface area contributed by atoms with Gasteiger partial charge in [-0.15, -0.1) is 0 Å². The van der Waals surface area contributed by atoms with Gasteiger partial charge in [0.2, 0.25) is 0 Å². The average molecular weight is 173 g/mol. The number of hydrogen-bond acceptors (Lipinski definition) is 3. The molecule has 0 aliphatic heterocycles. The lowest BCUT2D eigenvalue weighted by Crippen LogP contribution is -2.17. The predicted molar refractivity (Wildman–Crippen MR) is 46.7 cm³/mol. The summed E-state index contributed by atoms with van der Waals surface area (Å²) in [4.78, 5) is 10.9. The molecule has 71 valence electrons. The van der Waals surface area contributed by atoms with Crippen LogP contribution in [-0.4, -0.2) is 18.9 Å². The maximum Gasteiger partial charge on any atom is 0.508 e. The molecular formula is C9H17O3. The van der Waals surface area contributed by atoms with Crippen molar-refractivity contribution in [2.45, 2.75) is 33.8 Å². The topological polar surface area (TPSA) is 35.5 Å². The maximum absolute atomic E-state index is 10.9. The fourth-order valence-electron chi connectivity index (χ4n) is 0.489. The van der Waals surface area contributed by atoms with Crippen LogP contribution >= 0.6 is 0 Å². The summed E-state index contributed by atoms with van der Waals surface area (Å²) in [7, 11) is 0. The Morgan fingerprint density at radius 2 is 2.00 bits per heavy atom. The first-order chi connectivity index (χ1) is 5.56. The number of carbonyl (C=O) groups is 1. The molecule has 1 atom stereocenters. The number of rotatable bonds is 4. The zero-order valence-corrected chi connectivity index (χ0v) is 8.16. The molecule has 3 heteroatoms. The molecule has 0 fully saturated rings. The molecule has 0 aliphatic carbocycles. The van der Waals surface area contributed by atoms with Crippen LogP contribution in [0.25, 0.3) is 0 Å². The van der Waals surface area contributed by atoms with Gasteiger partial charge in [0.05, 0.1) is 6.61 Å². The second kappa shape index (κ2) is 5.86. The summed E-state index contributed by atoms with van der Waals surface area (Å²) in [5.41, 5.74) is 0. The second-order valence-electron chi connectivity index (χ2n) is 3.11. The zero-order chi connectivity index (χ0) is 9.56. The first-order valence-corrected chi connectivity index (χ1v) is 4.19. The molecule has 1 radical (unpaired) electrons. The van der Waals surface area contributed by atoms with Crippen LogP contribution in [0.2, 0.25) is 0 Å². The number of carbonyl (C=O) groups excluding carboxylic acids is 1. The quantitative estimate of drug-likeness (QED) is 0.612. The summed E-state index contributed by atoms with van der Waals surface area (Å²) in [6, 6.07) is 0. The van der Waals surface area contributed by atoms with E-state index in [9.17, 15) is 4.79 Å². The Hall–Kier alpha value is -0.730. The summed E-state index contributed by atoms with van der Waals surface area (Å²) < 4.78 is 9.63. The van der Waals surface area contributed by atoms with Gasteiger partial charge in [0.25, 0.3) is 0 Å². The molecule has 0 saturated carbocycles. The van der Waals surface area contributed by atoms with Gasteiger partial charge in [0.15, 0.2) is 0 Å². The van der Waals surface area contributed by atoms with Gasteiger partial charge < -0.3 is 9.47 Å². The number of ether oxygens (including phenoxy) is 2. The number of hydrogen-bond donors (Lipinski definition) is 0. The summed E-state index contributed by atoms with van der Waals surface area (Å²) in [5, 5.41) is 0. The first-order valence-electron chi connectivity index (χ1n) is 4.19. The lowest BCUT2D eigenvalue weighted by molar-refractivity contribution is 0.0314. The first kappa shape index (κ1) is 11.3. The van der Waals surface area contributed by atoms with E-state index in [0.29, 0.717) is 12.5 Å². The van der Waals surface area contributed by atoms with E-state index in [1.165, 1.54) is 0 Å². The standard InChI is InChI=1S/C9H17O3/c1-5-8(4)12-9(10)11-6-7(2)3/h5,7-8H,6H2,1-4H3.